The Morgan fingerprint density at radius 1 is 1.20 bits per heavy atom. The number of anilines is 1. The smallest absolute Gasteiger partial charge is 0.264 e. The van der Waals surface area contributed by atoms with Crippen LogP contribution in [0.25, 0.3) is 0 Å². The molecular formula is C17H17ClF2N2O2S. The maximum atomic E-state index is 14.3. The van der Waals surface area contributed by atoms with Crippen LogP contribution in [0.2, 0.25) is 5.02 Å². The normalized spacial score (nSPS) is 12.6. The zero-order valence-electron chi connectivity index (χ0n) is 13.5. The van der Waals surface area contributed by atoms with Gasteiger partial charge < -0.3 is 4.99 Å². The Bertz CT molecular complexity index is 857. The van der Waals surface area contributed by atoms with E-state index in [1.807, 2.05) is 0 Å². The van der Waals surface area contributed by atoms with E-state index < -0.39 is 27.7 Å². The van der Waals surface area contributed by atoms with Crippen molar-refractivity contribution in [2.75, 3.05) is 10.8 Å². The second-order valence-electron chi connectivity index (χ2n) is 5.44. The van der Waals surface area contributed by atoms with E-state index in [1.165, 1.54) is 24.3 Å². The van der Waals surface area contributed by atoms with Crippen molar-refractivity contribution in [2.24, 2.45) is 4.99 Å². The van der Waals surface area contributed by atoms with Crippen LogP contribution in [0.5, 0.6) is 0 Å². The van der Waals surface area contributed by atoms with Gasteiger partial charge in [-0.3, -0.25) is 4.31 Å². The van der Waals surface area contributed by atoms with E-state index in [1.54, 1.807) is 6.92 Å². The topological polar surface area (TPSA) is 49.7 Å². The third kappa shape index (κ3) is 4.35. The van der Waals surface area contributed by atoms with Crippen molar-refractivity contribution in [2.45, 2.75) is 24.3 Å². The van der Waals surface area contributed by atoms with Crippen molar-refractivity contribution in [3.05, 3.63) is 59.1 Å². The van der Waals surface area contributed by atoms with Crippen LogP contribution >= 0.6 is 11.6 Å². The van der Waals surface area contributed by atoms with Gasteiger partial charge in [-0.05, 0) is 56.5 Å². The van der Waals surface area contributed by atoms with Crippen molar-refractivity contribution >= 4 is 34.0 Å². The van der Waals surface area contributed by atoms with Gasteiger partial charge in [0.25, 0.3) is 10.0 Å². The first kappa shape index (κ1) is 19.3. The Hall–Kier alpha value is -1.99. The lowest BCUT2D eigenvalue weighted by atomic mass is 10.2. The standard InChI is InChI=1S/C17H17ClF2N2O2S/c1-12(9-10-21-2)22(17-11-14(19)5-8-16(17)20)25(23,24)15-6-3-13(18)4-7-15/h3-8,11-12H,2,9-10H2,1H3/t12-/m1/s1. The Morgan fingerprint density at radius 3 is 2.44 bits per heavy atom. The molecule has 0 aliphatic carbocycles. The Kier molecular flexibility index (Phi) is 6.13. The van der Waals surface area contributed by atoms with Crippen LogP contribution in [0.3, 0.4) is 0 Å². The molecule has 4 nitrogen and oxygen atoms in total. The summed E-state index contributed by atoms with van der Waals surface area (Å²) in [6.07, 6.45) is 0.298. The van der Waals surface area contributed by atoms with Gasteiger partial charge in [0.05, 0.1) is 10.6 Å². The van der Waals surface area contributed by atoms with Gasteiger partial charge in [-0.1, -0.05) is 11.6 Å². The molecule has 2 aromatic carbocycles. The van der Waals surface area contributed by atoms with E-state index in [0.29, 0.717) is 11.4 Å². The Balaban J connectivity index is 2.59. The molecule has 2 rings (SSSR count). The number of sulfonamides is 1. The highest BCUT2D eigenvalue weighted by Gasteiger charge is 2.31. The molecule has 0 heterocycles. The maximum Gasteiger partial charge on any atom is 0.264 e. The molecule has 0 amide bonds. The average molecular weight is 387 g/mol. The molecule has 8 heteroatoms. The fourth-order valence-corrected chi connectivity index (χ4v) is 4.19. The third-order valence-electron chi connectivity index (χ3n) is 3.62. The lowest BCUT2D eigenvalue weighted by Gasteiger charge is -2.30. The molecule has 0 N–H and O–H groups in total. The molecule has 0 aromatic heterocycles. The van der Waals surface area contributed by atoms with Crippen LogP contribution in [0.4, 0.5) is 14.5 Å². The van der Waals surface area contributed by atoms with Crippen LogP contribution in [-0.2, 0) is 10.0 Å². The second kappa shape index (κ2) is 7.93. The van der Waals surface area contributed by atoms with Crippen molar-refractivity contribution in [3.8, 4) is 0 Å². The highest BCUT2D eigenvalue weighted by Crippen LogP contribution is 2.30. The monoisotopic (exact) mass is 386 g/mol. The molecule has 0 bridgehead atoms. The number of hydrogen-bond donors (Lipinski definition) is 0. The Labute approximate surface area is 150 Å². The summed E-state index contributed by atoms with van der Waals surface area (Å²) in [5.74, 6) is -1.57. The maximum absolute atomic E-state index is 14.3. The predicted octanol–water partition coefficient (Wildman–Crippen LogP) is 4.29. The summed E-state index contributed by atoms with van der Waals surface area (Å²) >= 11 is 5.80. The van der Waals surface area contributed by atoms with Crippen LogP contribution in [-0.4, -0.2) is 27.7 Å². The SMILES string of the molecule is C=NCC[C@@H](C)N(c1cc(F)ccc1F)S(=O)(=O)c1ccc(Cl)cc1. The minimum Gasteiger partial charge on any atom is -0.301 e. The highest BCUT2D eigenvalue weighted by molar-refractivity contribution is 7.92. The van der Waals surface area contributed by atoms with E-state index in [-0.39, 0.29) is 17.1 Å². The van der Waals surface area contributed by atoms with E-state index in [9.17, 15) is 17.2 Å². The lowest BCUT2D eigenvalue weighted by Crippen LogP contribution is -2.39. The van der Waals surface area contributed by atoms with Gasteiger partial charge >= 0.3 is 0 Å². The summed E-state index contributed by atoms with van der Waals surface area (Å²) in [7, 11) is -4.13. The minimum atomic E-state index is -4.13. The molecule has 134 valence electrons. The van der Waals surface area contributed by atoms with Gasteiger partial charge in [0.1, 0.15) is 11.6 Å². The molecular weight excluding hydrogens is 370 g/mol. The summed E-state index contributed by atoms with van der Waals surface area (Å²) in [5.41, 5.74) is -0.355. The number of aliphatic imine (C=N–C) groups is 1. The number of hydrogen-bond acceptors (Lipinski definition) is 3. The van der Waals surface area contributed by atoms with Crippen LogP contribution in [0, 0.1) is 11.6 Å². The zero-order chi connectivity index (χ0) is 18.6. The third-order valence-corrected chi connectivity index (χ3v) is 5.82. The van der Waals surface area contributed by atoms with Crippen molar-refractivity contribution in [1.82, 2.24) is 0 Å². The molecule has 0 radical (unpaired) electrons. The van der Waals surface area contributed by atoms with Crippen molar-refractivity contribution < 1.29 is 17.2 Å². The molecule has 0 spiro atoms. The molecule has 2 aromatic rings. The molecule has 0 unspecified atom stereocenters. The molecule has 0 saturated carbocycles. The zero-order valence-corrected chi connectivity index (χ0v) is 15.1. The van der Waals surface area contributed by atoms with Crippen molar-refractivity contribution in [3.63, 3.8) is 0 Å². The highest BCUT2D eigenvalue weighted by atomic mass is 35.5. The Morgan fingerprint density at radius 2 is 1.84 bits per heavy atom. The molecule has 0 aliphatic heterocycles. The molecule has 0 saturated heterocycles. The molecule has 1 atom stereocenters. The van der Waals surface area contributed by atoms with Crippen LogP contribution in [0.1, 0.15) is 13.3 Å². The quantitative estimate of drug-likeness (QED) is 0.666. The largest absolute Gasteiger partial charge is 0.301 e. The number of nitrogens with zero attached hydrogens (tertiary/aromatic N) is 2. The first-order valence-electron chi connectivity index (χ1n) is 7.45. The summed E-state index contributed by atoms with van der Waals surface area (Å²) in [5, 5.41) is 0.367. The predicted molar refractivity (Wildman–Crippen MR) is 96.0 cm³/mol. The lowest BCUT2D eigenvalue weighted by molar-refractivity contribution is 0.560. The molecule has 25 heavy (non-hydrogen) atoms. The fourth-order valence-electron chi connectivity index (χ4n) is 2.37. The number of benzene rings is 2. The minimum absolute atomic E-state index is 0.0704. The van der Waals surface area contributed by atoms with Crippen LogP contribution in [0.15, 0.2) is 52.4 Å². The van der Waals surface area contributed by atoms with E-state index in [0.717, 1.165) is 22.5 Å². The number of rotatable bonds is 7. The van der Waals surface area contributed by atoms with E-state index in [2.05, 4.69) is 11.7 Å². The van der Waals surface area contributed by atoms with Gasteiger partial charge in [0.2, 0.25) is 0 Å². The second-order valence-corrected chi connectivity index (χ2v) is 7.69. The summed E-state index contributed by atoms with van der Waals surface area (Å²) in [4.78, 5) is 3.63. The van der Waals surface area contributed by atoms with E-state index in [4.69, 9.17) is 11.6 Å². The summed E-state index contributed by atoms with van der Waals surface area (Å²) < 4.78 is 54.9. The van der Waals surface area contributed by atoms with Gasteiger partial charge in [-0.25, -0.2) is 17.2 Å². The molecule has 0 aliphatic rings. The van der Waals surface area contributed by atoms with Crippen LogP contribution < -0.4 is 4.31 Å². The fraction of sp³-hybridized carbons (Fsp3) is 0.235. The number of halogens is 3. The van der Waals surface area contributed by atoms with Gasteiger partial charge in [0.15, 0.2) is 0 Å². The first-order chi connectivity index (χ1) is 11.8. The average Bonchev–Trinajstić information content (AvgIpc) is 2.56. The summed E-state index contributed by atoms with van der Waals surface area (Å²) in [6, 6.07) is 7.51. The first-order valence-corrected chi connectivity index (χ1v) is 9.26. The summed E-state index contributed by atoms with van der Waals surface area (Å²) in [6.45, 7) is 5.24. The van der Waals surface area contributed by atoms with E-state index >= 15 is 0 Å². The van der Waals surface area contributed by atoms with Crippen molar-refractivity contribution in [1.29, 1.82) is 0 Å². The van der Waals surface area contributed by atoms with Gasteiger partial charge in [-0.2, -0.15) is 0 Å². The molecule has 0 fully saturated rings. The van der Waals surface area contributed by atoms with Gasteiger partial charge in [0, 0.05) is 23.7 Å². The van der Waals surface area contributed by atoms with Gasteiger partial charge in [-0.15, -0.1) is 0 Å².